The van der Waals surface area contributed by atoms with Crippen LogP contribution >= 0.6 is 0 Å². The van der Waals surface area contributed by atoms with E-state index in [1.54, 1.807) is 0 Å². The maximum Gasteiger partial charge on any atom is 0.0543 e. The van der Waals surface area contributed by atoms with Crippen molar-refractivity contribution in [2.45, 2.75) is 19.4 Å². The minimum atomic E-state index is 0.789. The lowest BCUT2D eigenvalue weighted by atomic mass is 10.3. The molecule has 0 aliphatic heterocycles. The summed E-state index contributed by atoms with van der Waals surface area (Å²) in [7, 11) is 2.12. The molecular weight excluding hydrogens is 174 g/mol. The summed E-state index contributed by atoms with van der Waals surface area (Å²) in [5.74, 6) is 0. The summed E-state index contributed by atoms with van der Waals surface area (Å²) in [5.41, 5.74) is 6.56. The van der Waals surface area contributed by atoms with Gasteiger partial charge in [-0.15, -0.1) is 0 Å². The number of unbranched alkanes of at least 4 members (excludes halogenated alkanes) is 1. The van der Waals surface area contributed by atoms with Crippen LogP contribution in [0.15, 0.2) is 24.4 Å². The number of nitrogens with zero attached hydrogens (tertiary/aromatic N) is 2. The van der Waals surface area contributed by atoms with Gasteiger partial charge in [-0.1, -0.05) is 6.07 Å². The smallest absolute Gasteiger partial charge is 0.0543 e. The molecule has 0 unspecified atom stereocenters. The van der Waals surface area contributed by atoms with E-state index < -0.39 is 0 Å². The van der Waals surface area contributed by atoms with Crippen LogP contribution in [-0.2, 0) is 6.54 Å². The molecule has 14 heavy (non-hydrogen) atoms. The van der Waals surface area contributed by atoms with Crippen molar-refractivity contribution < 1.29 is 0 Å². The molecule has 78 valence electrons. The molecule has 0 saturated heterocycles. The van der Waals surface area contributed by atoms with Gasteiger partial charge in [-0.25, -0.2) is 0 Å². The average molecular weight is 193 g/mol. The Kier molecular flexibility index (Phi) is 5.19. The van der Waals surface area contributed by atoms with Crippen LogP contribution < -0.4 is 5.73 Å². The lowest BCUT2D eigenvalue weighted by Gasteiger charge is -2.15. The van der Waals surface area contributed by atoms with E-state index >= 15 is 0 Å². The van der Waals surface area contributed by atoms with Crippen molar-refractivity contribution in [3.05, 3.63) is 30.1 Å². The van der Waals surface area contributed by atoms with Crippen LogP contribution in [0.5, 0.6) is 0 Å². The molecule has 0 bridgehead atoms. The van der Waals surface area contributed by atoms with Gasteiger partial charge in [0, 0.05) is 12.7 Å². The molecule has 0 aliphatic carbocycles. The van der Waals surface area contributed by atoms with Crippen molar-refractivity contribution in [3.8, 4) is 0 Å². The van der Waals surface area contributed by atoms with Gasteiger partial charge in [-0.2, -0.15) is 0 Å². The first-order valence-corrected chi connectivity index (χ1v) is 5.11. The van der Waals surface area contributed by atoms with Gasteiger partial charge in [0.05, 0.1) is 5.69 Å². The third kappa shape index (κ3) is 4.35. The van der Waals surface area contributed by atoms with Crippen molar-refractivity contribution in [3.63, 3.8) is 0 Å². The van der Waals surface area contributed by atoms with Crippen LogP contribution in [-0.4, -0.2) is 30.0 Å². The minimum Gasteiger partial charge on any atom is -0.330 e. The van der Waals surface area contributed by atoms with E-state index in [2.05, 4.69) is 23.0 Å². The fourth-order valence-corrected chi connectivity index (χ4v) is 1.37. The molecule has 0 radical (unpaired) electrons. The molecule has 1 aromatic heterocycles. The molecule has 0 saturated carbocycles. The largest absolute Gasteiger partial charge is 0.330 e. The van der Waals surface area contributed by atoms with E-state index in [9.17, 15) is 0 Å². The molecule has 1 heterocycles. The van der Waals surface area contributed by atoms with E-state index in [-0.39, 0.29) is 0 Å². The number of pyridine rings is 1. The zero-order chi connectivity index (χ0) is 10.2. The van der Waals surface area contributed by atoms with Crippen LogP contribution in [0.1, 0.15) is 18.5 Å². The monoisotopic (exact) mass is 193 g/mol. The molecule has 1 aromatic rings. The normalized spacial score (nSPS) is 10.8. The SMILES string of the molecule is CN(CCCCN)Cc1ccccn1. The summed E-state index contributed by atoms with van der Waals surface area (Å²) in [6, 6.07) is 6.02. The second kappa shape index (κ2) is 6.51. The lowest BCUT2D eigenvalue weighted by molar-refractivity contribution is 0.316. The fraction of sp³-hybridized carbons (Fsp3) is 0.545. The number of aromatic nitrogens is 1. The molecule has 0 amide bonds. The molecule has 0 spiro atoms. The van der Waals surface area contributed by atoms with Crippen LogP contribution in [0.25, 0.3) is 0 Å². The molecule has 3 nitrogen and oxygen atoms in total. The summed E-state index contributed by atoms with van der Waals surface area (Å²) < 4.78 is 0. The maximum atomic E-state index is 5.44. The van der Waals surface area contributed by atoms with E-state index in [1.807, 2.05) is 18.3 Å². The van der Waals surface area contributed by atoms with Gasteiger partial charge in [-0.3, -0.25) is 4.98 Å². The molecular formula is C11H19N3. The van der Waals surface area contributed by atoms with Crippen LogP contribution in [0.2, 0.25) is 0 Å². The highest BCUT2D eigenvalue weighted by atomic mass is 15.1. The Morgan fingerprint density at radius 2 is 2.21 bits per heavy atom. The zero-order valence-electron chi connectivity index (χ0n) is 8.82. The first-order valence-electron chi connectivity index (χ1n) is 5.11. The fourth-order valence-electron chi connectivity index (χ4n) is 1.37. The first-order chi connectivity index (χ1) is 6.83. The highest BCUT2D eigenvalue weighted by molar-refractivity contribution is 5.02. The zero-order valence-corrected chi connectivity index (χ0v) is 8.82. The van der Waals surface area contributed by atoms with Gasteiger partial charge in [-0.05, 0) is 45.1 Å². The van der Waals surface area contributed by atoms with Gasteiger partial charge >= 0.3 is 0 Å². The summed E-state index contributed by atoms with van der Waals surface area (Å²) in [5, 5.41) is 0. The molecule has 0 aliphatic rings. The average Bonchev–Trinajstić information content (AvgIpc) is 2.20. The van der Waals surface area contributed by atoms with Crippen LogP contribution in [0, 0.1) is 0 Å². The van der Waals surface area contributed by atoms with Crippen molar-refractivity contribution in [1.82, 2.24) is 9.88 Å². The minimum absolute atomic E-state index is 0.789. The lowest BCUT2D eigenvalue weighted by Crippen LogP contribution is -2.20. The Hall–Kier alpha value is -0.930. The highest BCUT2D eigenvalue weighted by Crippen LogP contribution is 1.99. The first kappa shape index (κ1) is 11.1. The van der Waals surface area contributed by atoms with Crippen LogP contribution in [0.3, 0.4) is 0 Å². The van der Waals surface area contributed by atoms with Gasteiger partial charge in [0.2, 0.25) is 0 Å². The maximum absolute atomic E-state index is 5.44. The van der Waals surface area contributed by atoms with E-state index in [1.165, 1.54) is 6.42 Å². The Labute approximate surface area is 85.9 Å². The Morgan fingerprint density at radius 3 is 2.86 bits per heavy atom. The van der Waals surface area contributed by atoms with E-state index in [4.69, 9.17) is 5.73 Å². The van der Waals surface area contributed by atoms with Crippen LogP contribution in [0.4, 0.5) is 0 Å². The molecule has 2 N–H and O–H groups in total. The predicted octanol–water partition coefficient (Wildman–Crippen LogP) is 1.25. The molecule has 1 rings (SSSR count). The quantitative estimate of drug-likeness (QED) is 0.691. The van der Waals surface area contributed by atoms with E-state index in [0.29, 0.717) is 0 Å². The Morgan fingerprint density at radius 1 is 1.36 bits per heavy atom. The third-order valence-corrected chi connectivity index (χ3v) is 2.15. The Bertz CT molecular complexity index is 236. The highest BCUT2D eigenvalue weighted by Gasteiger charge is 1.99. The number of hydrogen-bond acceptors (Lipinski definition) is 3. The third-order valence-electron chi connectivity index (χ3n) is 2.15. The van der Waals surface area contributed by atoms with Crippen molar-refractivity contribution in [2.75, 3.05) is 20.1 Å². The van der Waals surface area contributed by atoms with Crippen molar-refractivity contribution >= 4 is 0 Å². The molecule has 0 atom stereocenters. The van der Waals surface area contributed by atoms with Gasteiger partial charge in [0.25, 0.3) is 0 Å². The van der Waals surface area contributed by atoms with Gasteiger partial charge in [0.1, 0.15) is 0 Å². The summed E-state index contributed by atoms with van der Waals surface area (Å²) in [6.07, 6.45) is 4.11. The van der Waals surface area contributed by atoms with Gasteiger partial charge in [0.15, 0.2) is 0 Å². The number of nitrogens with two attached hydrogens (primary N) is 1. The number of hydrogen-bond donors (Lipinski definition) is 1. The van der Waals surface area contributed by atoms with Crippen molar-refractivity contribution in [2.24, 2.45) is 5.73 Å². The topological polar surface area (TPSA) is 42.1 Å². The van der Waals surface area contributed by atoms with E-state index in [0.717, 1.165) is 31.7 Å². The summed E-state index contributed by atoms with van der Waals surface area (Å²) in [6.45, 7) is 2.80. The molecule has 0 fully saturated rings. The second-order valence-electron chi connectivity index (χ2n) is 3.55. The predicted molar refractivity (Wildman–Crippen MR) is 58.9 cm³/mol. The van der Waals surface area contributed by atoms with Crippen molar-refractivity contribution in [1.29, 1.82) is 0 Å². The number of rotatable bonds is 6. The molecule has 0 aromatic carbocycles. The standard InChI is InChI=1S/C11H19N3/c1-14(9-5-3-7-12)10-11-6-2-4-8-13-11/h2,4,6,8H,3,5,7,9-10,12H2,1H3. The summed E-state index contributed by atoms with van der Waals surface area (Å²) in [4.78, 5) is 6.56. The van der Waals surface area contributed by atoms with Gasteiger partial charge < -0.3 is 10.6 Å². The second-order valence-corrected chi connectivity index (χ2v) is 3.55. The molecule has 3 heteroatoms. The Balaban J connectivity index is 2.23. The summed E-state index contributed by atoms with van der Waals surface area (Å²) >= 11 is 0.